The molecular formula is C10H12O2S. The van der Waals surface area contributed by atoms with E-state index in [-0.39, 0.29) is 5.75 Å². The van der Waals surface area contributed by atoms with Gasteiger partial charge >= 0.3 is 0 Å². The van der Waals surface area contributed by atoms with Crippen molar-refractivity contribution in [3.63, 3.8) is 0 Å². The van der Waals surface area contributed by atoms with Crippen LogP contribution >= 0.6 is 11.8 Å². The van der Waals surface area contributed by atoms with E-state index in [0.717, 1.165) is 12.4 Å². The van der Waals surface area contributed by atoms with Gasteiger partial charge in [-0.1, -0.05) is 6.07 Å². The summed E-state index contributed by atoms with van der Waals surface area (Å²) >= 11 is 1.95. The van der Waals surface area contributed by atoms with Gasteiger partial charge in [0.15, 0.2) is 0 Å². The number of hydrogen-bond acceptors (Lipinski definition) is 3. The first-order valence-corrected chi connectivity index (χ1v) is 5.49. The topological polar surface area (TPSA) is 29.5 Å². The van der Waals surface area contributed by atoms with Crippen molar-refractivity contribution in [2.75, 3.05) is 18.1 Å². The lowest BCUT2D eigenvalue weighted by Crippen LogP contribution is -2.24. The van der Waals surface area contributed by atoms with Crippen molar-refractivity contribution in [2.24, 2.45) is 5.92 Å². The van der Waals surface area contributed by atoms with Crippen LogP contribution in [0.2, 0.25) is 0 Å². The second kappa shape index (κ2) is 3.92. The minimum absolute atomic E-state index is 0.264. The molecule has 1 aromatic rings. The number of aromatic hydroxyl groups is 1. The molecule has 1 heterocycles. The number of phenols is 1. The first kappa shape index (κ1) is 8.75. The summed E-state index contributed by atoms with van der Waals surface area (Å²) in [5, 5.41) is 9.17. The van der Waals surface area contributed by atoms with E-state index in [9.17, 15) is 0 Å². The van der Waals surface area contributed by atoms with Crippen LogP contribution in [0.5, 0.6) is 11.5 Å². The van der Waals surface area contributed by atoms with E-state index in [1.54, 1.807) is 18.2 Å². The predicted molar refractivity (Wildman–Crippen MR) is 54.4 cm³/mol. The number of benzene rings is 1. The Bertz CT molecular complexity index is 284. The molecule has 1 aliphatic rings. The first-order valence-electron chi connectivity index (χ1n) is 4.34. The van der Waals surface area contributed by atoms with Crippen molar-refractivity contribution in [3.8, 4) is 11.5 Å². The van der Waals surface area contributed by atoms with Gasteiger partial charge in [-0.25, -0.2) is 0 Å². The first-order chi connectivity index (χ1) is 6.34. The van der Waals surface area contributed by atoms with Crippen molar-refractivity contribution < 1.29 is 9.84 Å². The Balaban J connectivity index is 1.86. The van der Waals surface area contributed by atoms with Crippen molar-refractivity contribution >= 4 is 11.8 Å². The van der Waals surface area contributed by atoms with E-state index in [1.807, 2.05) is 17.8 Å². The standard InChI is InChI=1S/C10H12O2S/c11-9-2-1-3-10(4-9)12-5-8-6-13-7-8/h1-4,8,11H,5-7H2. The maximum Gasteiger partial charge on any atom is 0.122 e. The average molecular weight is 196 g/mol. The highest BCUT2D eigenvalue weighted by atomic mass is 32.2. The lowest BCUT2D eigenvalue weighted by atomic mass is 10.2. The fourth-order valence-corrected chi connectivity index (χ4v) is 1.93. The average Bonchev–Trinajstić information content (AvgIpc) is 2.01. The van der Waals surface area contributed by atoms with Crippen LogP contribution in [0.4, 0.5) is 0 Å². The van der Waals surface area contributed by atoms with Crippen LogP contribution in [0.25, 0.3) is 0 Å². The third-order valence-corrected chi connectivity index (χ3v) is 3.42. The molecule has 0 aliphatic carbocycles. The van der Waals surface area contributed by atoms with Crippen LogP contribution in [0.3, 0.4) is 0 Å². The molecule has 13 heavy (non-hydrogen) atoms. The summed E-state index contributed by atoms with van der Waals surface area (Å²) in [5.74, 6) is 4.14. The monoisotopic (exact) mass is 196 g/mol. The zero-order valence-corrected chi connectivity index (χ0v) is 8.09. The lowest BCUT2D eigenvalue weighted by molar-refractivity contribution is 0.269. The van der Waals surface area contributed by atoms with E-state index in [0.29, 0.717) is 5.92 Å². The molecule has 0 saturated carbocycles. The highest BCUT2D eigenvalue weighted by molar-refractivity contribution is 8.00. The number of thioether (sulfide) groups is 1. The van der Waals surface area contributed by atoms with Gasteiger partial charge in [-0.3, -0.25) is 0 Å². The molecule has 0 radical (unpaired) electrons. The normalized spacial score (nSPS) is 16.6. The molecule has 1 aromatic carbocycles. The zero-order valence-electron chi connectivity index (χ0n) is 7.27. The maximum absolute atomic E-state index is 9.17. The van der Waals surface area contributed by atoms with E-state index in [4.69, 9.17) is 9.84 Å². The van der Waals surface area contributed by atoms with Crippen molar-refractivity contribution in [1.29, 1.82) is 0 Å². The van der Waals surface area contributed by atoms with Gasteiger partial charge in [0.2, 0.25) is 0 Å². The summed E-state index contributed by atoms with van der Waals surface area (Å²) in [4.78, 5) is 0. The van der Waals surface area contributed by atoms with Crippen molar-refractivity contribution in [2.45, 2.75) is 0 Å². The van der Waals surface area contributed by atoms with Crippen LogP contribution in [-0.2, 0) is 0 Å². The van der Waals surface area contributed by atoms with Gasteiger partial charge in [0.25, 0.3) is 0 Å². The molecular weight excluding hydrogens is 184 g/mol. The Morgan fingerprint density at radius 1 is 1.46 bits per heavy atom. The second-order valence-electron chi connectivity index (χ2n) is 3.21. The molecule has 0 atom stereocenters. The van der Waals surface area contributed by atoms with Gasteiger partial charge in [0.05, 0.1) is 6.61 Å². The van der Waals surface area contributed by atoms with Gasteiger partial charge in [-0.15, -0.1) is 0 Å². The van der Waals surface area contributed by atoms with Gasteiger partial charge in [-0.2, -0.15) is 11.8 Å². The summed E-state index contributed by atoms with van der Waals surface area (Å²) in [6.45, 7) is 0.774. The minimum atomic E-state index is 0.264. The Kier molecular flexibility index (Phi) is 2.64. The molecule has 3 heteroatoms. The Labute approximate surface area is 81.9 Å². The SMILES string of the molecule is Oc1cccc(OCC2CSC2)c1. The molecule has 1 saturated heterocycles. The van der Waals surface area contributed by atoms with Crippen molar-refractivity contribution in [3.05, 3.63) is 24.3 Å². The van der Waals surface area contributed by atoms with E-state index < -0.39 is 0 Å². The molecule has 1 aliphatic heterocycles. The van der Waals surface area contributed by atoms with Gasteiger partial charge < -0.3 is 9.84 Å². The Morgan fingerprint density at radius 2 is 2.31 bits per heavy atom. The molecule has 0 aromatic heterocycles. The molecule has 2 rings (SSSR count). The van der Waals surface area contributed by atoms with Crippen LogP contribution < -0.4 is 4.74 Å². The van der Waals surface area contributed by atoms with Crippen LogP contribution in [0, 0.1) is 5.92 Å². The third-order valence-electron chi connectivity index (χ3n) is 2.01. The minimum Gasteiger partial charge on any atom is -0.508 e. The summed E-state index contributed by atoms with van der Waals surface area (Å²) in [6.07, 6.45) is 0. The van der Waals surface area contributed by atoms with E-state index in [1.165, 1.54) is 11.5 Å². The maximum atomic E-state index is 9.17. The summed E-state index contributed by atoms with van der Waals surface area (Å²) in [6, 6.07) is 6.95. The Morgan fingerprint density at radius 3 is 2.92 bits per heavy atom. The number of phenolic OH excluding ortho intramolecular Hbond substituents is 1. The third kappa shape index (κ3) is 2.31. The molecule has 0 spiro atoms. The highest BCUT2D eigenvalue weighted by Crippen LogP contribution is 2.26. The second-order valence-corrected chi connectivity index (χ2v) is 4.29. The fraction of sp³-hybridized carbons (Fsp3) is 0.400. The van der Waals surface area contributed by atoms with E-state index in [2.05, 4.69) is 0 Å². The van der Waals surface area contributed by atoms with E-state index >= 15 is 0 Å². The molecule has 1 N–H and O–H groups in total. The highest BCUT2D eigenvalue weighted by Gasteiger charge is 2.18. The summed E-state index contributed by atoms with van der Waals surface area (Å²) in [5.41, 5.74) is 0. The number of ether oxygens (including phenoxy) is 1. The molecule has 70 valence electrons. The molecule has 0 unspecified atom stereocenters. The van der Waals surface area contributed by atoms with Gasteiger partial charge in [0, 0.05) is 23.5 Å². The summed E-state index contributed by atoms with van der Waals surface area (Å²) < 4.78 is 5.52. The molecule has 2 nitrogen and oxygen atoms in total. The van der Waals surface area contributed by atoms with Gasteiger partial charge in [-0.05, 0) is 12.1 Å². The van der Waals surface area contributed by atoms with Crippen molar-refractivity contribution in [1.82, 2.24) is 0 Å². The van der Waals surface area contributed by atoms with Gasteiger partial charge in [0.1, 0.15) is 11.5 Å². The van der Waals surface area contributed by atoms with Crippen LogP contribution in [0.15, 0.2) is 24.3 Å². The quantitative estimate of drug-likeness (QED) is 0.803. The number of rotatable bonds is 3. The smallest absolute Gasteiger partial charge is 0.122 e. The summed E-state index contributed by atoms with van der Waals surface area (Å²) in [7, 11) is 0. The largest absolute Gasteiger partial charge is 0.508 e. The van der Waals surface area contributed by atoms with Crippen LogP contribution in [-0.4, -0.2) is 23.2 Å². The number of hydrogen-bond donors (Lipinski definition) is 1. The fourth-order valence-electron chi connectivity index (χ4n) is 1.17. The molecule has 0 amide bonds. The lowest BCUT2D eigenvalue weighted by Gasteiger charge is -2.24. The zero-order chi connectivity index (χ0) is 9.10. The molecule has 1 fully saturated rings. The Hall–Kier alpha value is -0.830. The predicted octanol–water partition coefficient (Wildman–Crippen LogP) is 2.13. The molecule has 0 bridgehead atoms. The van der Waals surface area contributed by atoms with Crippen LogP contribution in [0.1, 0.15) is 0 Å².